The number of hydrogen-bond acceptors (Lipinski definition) is 2. The Morgan fingerprint density at radius 1 is 1.53 bits per heavy atom. The third-order valence-corrected chi connectivity index (χ3v) is 2.13. The van der Waals surface area contributed by atoms with E-state index in [2.05, 4.69) is 0 Å². The Bertz CT molecular complexity index is 388. The topological polar surface area (TPSA) is 63.3 Å². The molecule has 0 unspecified atom stereocenters. The highest BCUT2D eigenvalue weighted by Crippen LogP contribution is 2.17. The molecule has 0 atom stereocenters. The summed E-state index contributed by atoms with van der Waals surface area (Å²) >= 11 is 5.77. The maximum Gasteiger partial charge on any atom is 0.221 e. The van der Waals surface area contributed by atoms with Crippen molar-refractivity contribution in [2.45, 2.75) is 13.0 Å². The van der Waals surface area contributed by atoms with Crippen LogP contribution in [0.5, 0.6) is 0 Å². The van der Waals surface area contributed by atoms with Gasteiger partial charge in [-0.1, -0.05) is 29.8 Å². The molecule has 0 fully saturated rings. The molecule has 4 heteroatoms. The molecule has 0 aliphatic rings. The number of hydrogen-bond donors (Lipinski definition) is 2. The minimum absolute atomic E-state index is 0.0865. The van der Waals surface area contributed by atoms with E-state index in [-0.39, 0.29) is 18.9 Å². The molecule has 1 rings (SSSR count). The van der Waals surface area contributed by atoms with Crippen molar-refractivity contribution >= 4 is 23.6 Å². The van der Waals surface area contributed by atoms with Crippen molar-refractivity contribution in [1.82, 2.24) is 0 Å². The van der Waals surface area contributed by atoms with Gasteiger partial charge < -0.3 is 10.8 Å². The lowest BCUT2D eigenvalue weighted by Crippen LogP contribution is -2.07. The van der Waals surface area contributed by atoms with Gasteiger partial charge in [0.1, 0.15) is 0 Å². The normalized spacial score (nSPS) is 10.8. The maximum atomic E-state index is 10.5. The lowest BCUT2D eigenvalue weighted by Gasteiger charge is -2.02. The number of rotatable bonds is 4. The average Bonchev–Trinajstić information content (AvgIpc) is 2.19. The maximum absolute atomic E-state index is 10.5. The lowest BCUT2D eigenvalue weighted by atomic mass is 10.1. The van der Waals surface area contributed by atoms with Gasteiger partial charge in [-0.25, -0.2) is 0 Å². The average molecular weight is 226 g/mol. The standard InChI is InChI=1S/C11H12ClNO2/c12-10-5-4-8(9(6-10)7-14)2-1-3-11(13)15/h1-2,4-6,14H,3,7H2,(H2,13,15). The molecule has 1 aromatic carbocycles. The Labute approximate surface area is 93.2 Å². The van der Waals surface area contributed by atoms with E-state index in [1.54, 1.807) is 30.4 Å². The highest BCUT2D eigenvalue weighted by molar-refractivity contribution is 6.30. The minimum atomic E-state index is -0.384. The van der Waals surface area contributed by atoms with E-state index in [0.29, 0.717) is 5.02 Å². The molecular weight excluding hydrogens is 214 g/mol. The van der Waals surface area contributed by atoms with Gasteiger partial charge in [-0.2, -0.15) is 0 Å². The molecule has 0 heterocycles. The molecule has 0 spiro atoms. The monoisotopic (exact) mass is 225 g/mol. The van der Waals surface area contributed by atoms with Gasteiger partial charge >= 0.3 is 0 Å². The number of aliphatic hydroxyl groups is 1. The molecule has 80 valence electrons. The van der Waals surface area contributed by atoms with Crippen molar-refractivity contribution in [3.8, 4) is 0 Å². The summed E-state index contributed by atoms with van der Waals surface area (Å²) in [6, 6.07) is 5.20. The van der Waals surface area contributed by atoms with Crippen LogP contribution in [0.15, 0.2) is 24.3 Å². The fraction of sp³-hybridized carbons (Fsp3) is 0.182. The van der Waals surface area contributed by atoms with Gasteiger partial charge in [-0.05, 0) is 23.3 Å². The fourth-order valence-corrected chi connectivity index (χ4v) is 1.37. The van der Waals surface area contributed by atoms with E-state index in [1.807, 2.05) is 0 Å². The van der Waals surface area contributed by atoms with Crippen LogP contribution in [0.4, 0.5) is 0 Å². The second-order valence-electron chi connectivity index (χ2n) is 3.07. The highest BCUT2D eigenvalue weighted by atomic mass is 35.5. The quantitative estimate of drug-likeness (QED) is 0.820. The van der Waals surface area contributed by atoms with Crippen LogP contribution in [-0.4, -0.2) is 11.0 Å². The van der Waals surface area contributed by atoms with E-state index in [9.17, 15) is 4.79 Å². The summed E-state index contributed by atoms with van der Waals surface area (Å²) in [4.78, 5) is 10.5. The Hall–Kier alpha value is -1.32. The number of aliphatic hydroxyl groups excluding tert-OH is 1. The van der Waals surface area contributed by atoms with Gasteiger partial charge in [0.25, 0.3) is 0 Å². The molecule has 1 aromatic rings. The first-order valence-electron chi connectivity index (χ1n) is 4.47. The summed E-state index contributed by atoms with van der Waals surface area (Å²) in [5.41, 5.74) is 6.55. The zero-order valence-corrected chi connectivity index (χ0v) is 8.87. The summed E-state index contributed by atoms with van der Waals surface area (Å²) in [6.45, 7) is -0.0865. The van der Waals surface area contributed by atoms with Gasteiger partial charge in [0, 0.05) is 11.4 Å². The van der Waals surface area contributed by atoms with Crippen LogP contribution in [0.3, 0.4) is 0 Å². The molecule has 3 N–H and O–H groups in total. The van der Waals surface area contributed by atoms with E-state index in [1.165, 1.54) is 0 Å². The Balaban J connectivity index is 2.84. The van der Waals surface area contributed by atoms with Crippen LogP contribution < -0.4 is 5.73 Å². The molecule has 3 nitrogen and oxygen atoms in total. The third-order valence-electron chi connectivity index (χ3n) is 1.89. The van der Waals surface area contributed by atoms with Crippen LogP contribution in [0.25, 0.3) is 6.08 Å². The second kappa shape index (κ2) is 5.53. The minimum Gasteiger partial charge on any atom is -0.392 e. The number of carbonyl (C=O) groups excluding carboxylic acids is 1. The smallest absolute Gasteiger partial charge is 0.221 e. The Kier molecular flexibility index (Phi) is 4.34. The van der Waals surface area contributed by atoms with Crippen LogP contribution >= 0.6 is 11.6 Å². The van der Waals surface area contributed by atoms with Gasteiger partial charge in [-0.3, -0.25) is 4.79 Å². The summed E-state index contributed by atoms with van der Waals surface area (Å²) in [7, 11) is 0. The first-order valence-corrected chi connectivity index (χ1v) is 4.85. The van der Waals surface area contributed by atoms with E-state index in [4.69, 9.17) is 22.4 Å². The number of halogens is 1. The molecule has 0 bridgehead atoms. The van der Waals surface area contributed by atoms with E-state index >= 15 is 0 Å². The predicted molar refractivity (Wildman–Crippen MR) is 60.2 cm³/mol. The molecule has 0 radical (unpaired) electrons. The molecule has 1 amide bonds. The van der Waals surface area contributed by atoms with Crippen molar-refractivity contribution in [1.29, 1.82) is 0 Å². The first-order chi connectivity index (χ1) is 7.13. The first kappa shape index (κ1) is 11.8. The molecule has 0 saturated heterocycles. The molecule has 0 aromatic heterocycles. The van der Waals surface area contributed by atoms with Crippen molar-refractivity contribution in [3.05, 3.63) is 40.4 Å². The van der Waals surface area contributed by atoms with Crippen LogP contribution in [0.2, 0.25) is 5.02 Å². The fourth-order valence-electron chi connectivity index (χ4n) is 1.18. The largest absolute Gasteiger partial charge is 0.392 e. The SMILES string of the molecule is NC(=O)CC=Cc1ccc(Cl)cc1CO. The molecular formula is C11H12ClNO2. The molecule has 0 aliphatic heterocycles. The summed E-state index contributed by atoms with van der Waals surface area (Å²) in [5.74, 6) is -0.384. The number of amides is 1. The number of nitrogens with two attached hydrogens (primary N) is 1. The van der Waals surface area contributed by atoms with Crippen molar-refractivity contribution in [3.63, 3.8) is 0 Å². The zero-order valence-electron chi connectivity index (χ0n) is 8.11. The molecule has 0 aliphatic carbocycles. The number of primary amides is 1. The van der Waals surface area contributed by atoms with Gasteiger partial charge in [0.05, 0.1) is 6.61 Å². The van der Waals surface area contributed by atoms with E-state index < -0.39 is 0 Å². The van der Waals surface area contributed by atoms with Crippen LogP contribution in [-0.2, 0) is 11.4 Å². The summed E-state index contributed by atoms with van der Waals surface area (Å²) in [6.07, 6.45) is 3.59. The Morgan fingerprint density at radius 2 is 2.27 bits per heavy atom. The van der Waals surface area contributed by atoms with Gasteiger partial charge in [-0.15, -0.1) is 0 Å². The van der Waals surface area contributed by atoms with Crippen molar-refractivity contribution in [2.24, 2.45) is 5.73 Å². The number of benzene rings is 1. The van der Waals surface area contributed by atoms with Crippen molar-refractivity contribution in [2.75, 3.05) is 0 Å². The van der Waals surface area contributed by atoms with Crippen molar-refractivity contribution < 1.29 is 9.90 Å². The second-order valence-corrected chi connectivity index (χ2v) is 3.51. The van der Waals surface area contributed by atoms with Crippen LogP contribution in [0.1, 0.15) is 17.5 Å². The van der Waals surface area contributed by atoms with E-state index in [0.717, 1.165) is 11.1 Å². The predicted octanol–water partition coefficient (Wildman–Crippen LogP) is 1.72. The summed E-state index contributed by atoms with van der Waals surface area (Å²) in [5, 5.41) is 9.64. The lowest BCUT2D eigenvalue weighted by molar-refractivity contribution is -0.117. The molecule has 0 saturated carbocycles. The molecule has 15 heavy (non-hydrogen) atoms. The number of carbonyl (C=O) groups is 1. The highest BCUT2D eigenvalue weighted by Gasteiger charge is 1.99. The van der Waals surface area contributed by atoms with Gasteiger partial charge in [0.2, 0.25) is 5.91 Å². The third kappa shape index (κ3) is 3.73. The summed E-state index contributed by atoms with van der Waals surface area (Å²) < 4.78 is 0. The Morgan fingerprint density at radius 3 is 2.87 bits per heavy atom. The van der Waals surface area contributed by atoms with Gasteiger partial charge in [0.15, 0.2) is 0 Å². The zero-order chi connectivity index (χ0) is 11.3. The van der Waals surface area contributed by atoms with Crippen LogP contribution in [0, 0.1) is 0 Å².